The zero-order valence-corrected chi connectivity index (χ0v) is 13.6. The van der Waals surface area contributed by atoms with Crippen LogP contribution in [0.15, 0.2) is 33.9 Å². The van der Waals surface area contributed by atoms with Gasteiger partial charge in [-0.25, -0.2) is 9.98 Å². The van der Waals surface area contributed by atoms with Gasteiger partial charge in [-0.1, -0.05) is 13.8 Å². The molecule has 2 rings (SSSR count). The normalized spacial score (nSPS) is 12.1. The van der Waals surface area contributed by atoms with Gasteiger partial charge in [-0.3, -0.25) is 10.4 Å². The topological polar surface area (TPSA) is 89.8 Å². The van der Waals surface area contributed by atoms with E-state index in [1.165, 1.54) is 11.8 Å². The molecule has 0 fully saturated rings. The molecule has 0 atom stereocenters. The Kier molecular flexibility index (Phi) is 4.72. The summed E-state index contributed by atoms with van der Waals surface area (Å²) in [5, 5.41) is 6.98. The Hall–Kier alpha value is -1.47. The number of amidine groups is 1. The largest absolute Gasteiger partial charge is 0.378 e. The third-order valence-corrected chi connectivity index (χ3v) is 4.18. The van der Waals surface area contributed by atoms with Gasteiger partial charge in [-0.05, 0) is 34.1 Å². The minimum atomic E-state index is 0.247. The van der Waals surface area contributed by atoms with E-state index in [0.717, 1.165) is 20.5 Å². The van der Waals surface area contributed by atoms with E-state index in [4.69, 9.17) is 11.1 Å². The van der Waals surface area contributed by atoms with Gasteiger partial charge < -0.3 is 5.73 Å². The smallest absolute Gasteiger partial charge is 0.217 e. The molecule has 5 nitrogen and oxygen atoms in total. The van der Waals surface area contributed by atoms with Gasteiger partial charge in [0.25, 0.3) is 0 Å². The van der Waals surface area contributed by atoms with Gasteiger partial charge in [0.1, 0.15) is 5.52 Å². The number of nitrogens with zero attached hydrogens (tertiary/aromatic N) is 3. The van der Waals surface area contributed by atoms with Crippen LogP contribution in [0.2, 0.25) is 0 Å². The molecule has 0 amide bonds. The van der Waals surface area contributed by atoms with E-state index in [0.29, 0.717) is 11.0 Å². The minimum Gasteiger partial charge on any atom is -0.378 e. The van der Waals surface area contributed by atoms with Crippen LogP contribution < -0.4 is 11.1 Å². The van der Waals surface area contributed by atoms with Crippen LogP contribution in [0.3, 0.4) is 0 Å². The van der Waals surface area contributed by atoms with Crippen LogP contribution in [-0.4, -0.2) is 20.2 Å². The summed E-state index contributed by atoms with van der Waals surface area (Å²) in [6.07, 6.45) is 1.72. The monoisotopic (exact) mass is 352 g/mol. The van der Waals surface area contributed by atoms with E-state index < -0.39 is 0 Å². The Bertz CT molecular complexity index is 684. The summed E-state index contributed by atoms with van der Waals surface area (Å²) >= 11 is 4.71. The highest BCUT2D eigenvalue weighted by molar-refractivity contribution is 9.10. The summed E-state index contributed by atoms with van der Waals surface area (Å²) in [5.41, 5.74) is 7.43. The van der Waals surface area contributed by atoms with Gasteiger partial charge in [0.05, 0.1) is 5.52 Å². The predicted octanol–water partition coefficient (Wildman–Crippen LogP) is 1.89. The quantitative estimate of drug-likeness (QED) is 0.637. The second-order valence-electron chi connectivity index (χ2n) is 4.44. The first kappa shape index (κ1) is 14.9. The Labute approximate surface area is 129 Å². The molecule has 0 aliphatic rings. The molecule has 2 aromatic rings. The van der Waals surface area contributed by atoms with E-state index in [1.807, 2.05) is 26.0 Å². The van der Waals surface area contributed by atoms with Crippen molar-refractivity contribution >= 4 is 54.8 Å². The van der Waals surface area contributed by atoms with Gasteiger partial charge in [-0.2, -0.15) is 0 Å². The van der Waals surface area contributed by atoms with Crippen molar-refractivity contribution in [1.82, 2.24) is 9.97 Å². The highest BCUT2D eigenvalue weighted by Crippen LogP contribution is 2.23. The number of hydrogen-bond donors (Lipinski definition) is 2. The third kappa shape index (κ3) is 3.55. The maximum absolute atomic E-state index is 5.87. The zero-order valence-electron chi connectivity index (χ0n) is 11.2. The Morgan fingerprint density at radius 3 is 2.85 bits per heavy atom. The number of aliphatic imine (C=N–C) groups is 1. The maximum atomic E-state index is 5.87. The molecule has 0 radical (unpaired) electrons. The fourth-order valence-electron chi connectivity index (χ4n) is 1.42. The molecule has 0 saturated carbocycles. The maximum Gasteiger partial charge on any atom is 0.217 e. The number of pyridine rings is 2. The molecule has 0 spiro atoms. The molecule has 0 bridgehead atoms. The SMILES string of the molecule is CC(C)C(=[NH2+])SC(N)=Nc1ccc2nccc(Br)c2n1. The van der Waals surface area contributed by atoms with Crippen LogP contribution in [0.25, 0.3) is 11.0 Å². The fourth-order valence-corrected chi connectivity index (χ4v) is 2.45. The van der Waals surface area contributed by atoms with Crippen molar-refractivity contribution in [3.05, 3.63) is 28.9 Å². The van der Waals surface area contributed by atoms with Crippen LogP contribution in [0.5, 0.6) is 0 Å². The van der Waals surface area contributed by atoms with Crippen LogP contribution >= 0.6 is 27.7 Å². The molecule has 20 heavy (non-hydrogen) atoms. The second kappa shape index (κ2) is 6.32. The van der Waals surface area contributed by atoms with Crippen molar-refractivity contribution in [3.63, 3.8) is 0 Å². The average Bonchev–Trinajstić information content (AvgIpc) is 2.39. The molecule has 0 saturated heterocycles. The highest BCUT2D eigenvalue weighted by atomic mass is 79.9. The molecule has 0 aliphatic heterocycles. The summed E-state index contributed by atoms with van der Waals surface area (Å²) in [6, 6.07) is 5.48. The Morgan fingerprint density at radius 1 is 1.40 bits per heavy atom. The molecule has 4 N–H and O–H groups in total. The number of halogens is 1. The van der Waals surface area contributed by atoms with Gasteiger partial charge >= 0.3 is 0 Å². The Balaban J connectivity index is 2.29. The highest BCUT2D eigenvalue weighted by Gasteiger charge is 2.12. The van der Waals surface area contributed by atoms with Gasteiger partial charge in [0, 0.05) is 28.3 Å². The van der Waals surface area contributed by atoms with Gasteiger partial charge in [0.2, 0.25) is 5.04 Å². The number of hydrogen-bond acceptors (Lipinski definition) is 4. The van der Waals surface area contributed by atoms with Crippen molar-refractivity contribution in [3.8, 4) is 0 Å². The van der Waals surface area contributed by atoms with E-state index in [2.05, 4.69) is 30.9 Å². The molecule has 104 valence electrons. The lowest BCUT2D eigenvalue weighted by atomic mass is 10.2. The first-order valence-corrected chi connectivity index (χ1v) is 7.64. The molecule has 2 aromatic heterocycles. The second-order valence-corrected chi connectivity index (χ2v) is 6.39. The summed E-state index contributed by atoms with van der Waals surface area (Å²) in [7, 11) is 0. The van der Waals surface area contributed by atoms with E-state index in [-0.39, 0.29) is 5.92 Å². The zero-order chi connectivity index (χ0) is 14.7. The number of aromatic nitrogens is 2. The number of nitrogens with two attached hydrogens (primary N) is 2. The number of thioether (sulfide) groups is 1. The standard InChI is InChI=1S/C13H14BrN5S/c1-7(2)12(15)20-13(16)19-10-4-3-9-11(18-10)8(14)5-6-17-9/h3-7,15H,1-2H3,(H2,16,18,19)/p+1. The average molecular weight is 353 g/mol. The Morgan fingerprint density at radius 2 is 2.15 bits per heavy atom. The summed E-state index contributed by atoms with van der Waals surface area (Å²) in [4.78, 5) is 12.9. The molecule has 0 aliphatic carbocycles. The first-order chi connectivity index (χ1) is 9.47. The predicted molar refractivity (Wildman–Crippen MR) is 87.9 cm³/mol. The van der Waals surface area contributed by atoms with Crippen LogP contribution in [0, 0.1) is 5.92 Å². The van der Waals surface area contributed by atoms with Crippen LogP contribution in [-0.2, 0) is 0 Å². The minimum absolute atomic E-state index is 0.247. The first-order valence-electron chi connectivity index (χ1n) is 6.03. The van der Waals surface area contributed by atoms with Crippen LogP contribution in [0.1, 0.15) is 13.8 Å². The van der Waals surface area contributed by atoms with E-state index in [9.17, 15) is 0 Å². The number of fused-ring (bicyclic) bond motifs is 1. The number of rotatable bonds is 2. The van der Waals surface area contributed by atoms with Crippen molar-refractivity contribution in [2.45, 2.75) is 13.8 Å². The molecule has 0 aromatic carbocycles. The summed E-state index contributed by atoms with van der Waals surface area (Å²) in [6.45, 7) is 4.01. The lowest BCUT2D eigenvalue weighted by Gasteiger charge is -2.03. The molecule has 0 unspecified atom stereocenters. The molecule has 7 heteroatoms. The summed E-state index contributed by atoms with van der Waals surface area (Å²) < 4.78 is 0.874. The fraction of sp³-hybridized carbons (Fsp3) is 0.231. The molecular formula is C13H15BrN5S+. The van der Waals surface area contributed by atoms with Crippen molar-refractivity contribution < 1.29 is 5.41 Å². The van der Waals surface area contributed by atoms with Crippen molar-refractivity contribution in [2.24, 2.45) is 16.6 Å². The van der Waals surface area contributed by atoms with Gasteiger partial charge in [0.15, 0.2) is 11.0 Å². The molecule has 2 heterocycles. The van der Waals surface area contributed by atoms with E-state index in [1.54, 1.807) is 12.3 Å². The summed E-state index contributed by atoms with van der Waals surface area (Å²) in [5.74, 6) is 0.782. The third-order valence-electron chi connectivity index (χ3n) is 2.54. The lowest BCUT2D eigenvalue weighted by molar-refractivity contribution is -0.113. The van der Waals surface area contributed by atoms with Crippen molar-refractivity contribution in [1.29, 1.82) is 0 Å². The van der Waals surface area contributed by atoms with Gasteiger partial charge in [-0.15, -0.1) is 0 Å². The van der Waals surface area contributed by atoms with Crippen molar-refractivity contribution in [2.75, 3.05) is 0 Å². The molecular weight excluding hydrogens is 338 g/mol. The lowest BCUT2D eigenvalue weighted by Crippen LogP contribution is -2.41. The van der Waals surface area contributed by atoms with E-state index >= 15 is 0 Å². The van der Waals surface area contributed by atoms with Crippen LogP contribution in [0.4, 0.5) is 5.82 Å².